The van der Waals surface area contributed by atoms with Crippen molar-refractivity contribution in [3.63, 3.8) is 0 Å². The van der Waals surface area contributed by atoms with Crippen molar-refractivity contribution in [1.29, 1.82) is 0 Å². The van der Waals surface area contributed by atoms with Crippen molar-refractivity contribution in [2.75, 3.05) is 33.2 Å². The van der Waals surface area contributed by atoms with Gasteiger partial charge in [-0.15, -0.1) is 6.04 Å². The van der Waals surface area contributed by atoms with Crippen LogP contribution in [0.2, 0.25) is 0 Å². The molecule has 0 amide bonds. The molecular weight excluding hydrogens is 624 g/mol. The molecule has 1 fully saturated rings. The van der Waals surface area contributed by atoms with Gasteiger partial charge in [0.1, 0.15) is 0 Å². The fourth-order valence-corrected chi connectivity index (χ4v) is 3.52. The molecule has 0 bridgehead atoms. The van der Waals surface area contributed by atoms with Gasteiger partial charge in [0.25, 0.3) is 0 Å². The third kappa shape index (κ3) is 33.7. The van der Waals surface area contributed by atoms with Crippen LogP contribution in [0.1, 0.15) is 106 Å². The second-order valence-electron chi connectivity index (χ2n) is 9.32. The van der Waals surface area contributed by atoms with E-state index < -0.39 is 6.29 Å². The molecule has 0 saturated heterocycles. The quantitative estimate of drug-likeness (QED) is 0.104. The van der Waals surface area contributed by atoms with E-state index in [4.69, 9.17) is 10.6 Å². The Kier molecular flexibility index (Phi) is 41.2. The van der Waals surface area contributed by atoms with Crippen molar-refractivity contribution < 1.29 is 35.8 Å². The fourth-order valence-electron chi connectivity index (χ4n) is 3.52. The number of hydrogen-bond donors (Lipinski definition) is 3. The molecular formula is C28H61N4O3W-. The maximum atomic E-state index is 10.2. The predicted molar refractivity (Wildman–Crippen MR) is 152 cm³/mol. The van der Waals surface area contributed by atoms with Gasteiger partial charge in [0.2, 0.25) is 0 Å². The Balaban J connectivity index is -0.000000222. The molecule has 7 nitrogen and oxygen atoms in total. The van der Waals surface area contributed by atoms with E-state index in [-0.39, 0.29) is 21.1 Å². The number of hydrogen-bond acceptors (Lipinski definition) is 6. The molecule has 1 rings (SSSR count). The summed E-state index contributed by atoms with van der Waals surface area (Å²) in [6.45, 7) is 19.4. The Hall–Kier alpha value is -0.302. The number of carbonyl (C=O) groups excluding carboxylic acids is 1. The molecule has 0 aromatic rings. The van der Waals surface area contributed by atoms with Gasteiger partial charge in [-0.25, -0.2) is 4.84 Å². The summed E-state index contributed by atoms with van der Waals surface area (Å²) in [4.78, 5) is 17.4. The number of aliphatic hydroxyl groups excluding tert-OH is 1. The van der Waals surface area contributed by atoms with E-state index in [1.165, 1.54) is 57.6 Å². The Morgan fingerprint density at radius 3 is 2.25 bits per heavy atom. The first-order chi connectivity index (χ1) is 16.8. The summed E-state index contributed by atoms with van der Waals surface area (Å²) in [6, 6.07) is 0.312. The van der Waals surface area contributed by atoms with Gasteiger partial charge < -0.3 is 25.9 Å². The largest absolute Gasteiger partial charge is 0.653 e. The topological polar surface area (TPSA) is 102 Å². The van der Waals surface area contributed by atoms with E-state index >= 15 is 0 Å². The molecule has 2 atom stereocenters. The molecule has 0 spiro atoms. The predicted octanol–water partition coefficient (Wildman–Crippen LogP) is 6.02. The van der Waals surface area contributed by atoms with Gasteiger partial charge in [-0.2, -0.15) is 0 Å². The van der Waals surface area contributed by atoms with Crippen LogP contribution < -0.4 is 11.2 Å². The standard InChI is InChI=1S/C12H25N2O.C10H19NO2.C4H11N.C2H6.W/c1-5-12(13-7-9-15)10-14(4)8-6-11(2)3;1-2-11-13-10(12)8-9-6-4-3-5-7-9;1-2-3-4-5;1-2;/h9,11-12H,5-8,10H2,1-4H3;2,9-12H,1,3-8H2;2-5H2,1H3;1-2H3;/q-1;;;;. The molecule has 36 heavy (non-hydrogen) atoms. The summed E-state index contributed by atoms with van der Waals surface area (Å²) < 4.78 is 0. The van der Waals surface area contributed by atoms with Crippen molar-refractivity contribution in [2.24, 2.45) is 17.6 Å². The SMILES string of the molecule is C=CNOC(O)CC1CCCCC1.CC.CCC(CN(C)CCC(C)C)[N-]CC=O.CCCCN.[W]. The first-order valence-electron chi connectivity index (χ1n) is 14.0. The summed E-state index contributed by atoms with van der Waals surface area (Å²) in [6.07, 6.45) is 13.4. The molecule has 0 radical (unpaired) electrons. The Morgan fingerprint density at radius 2 is 1.83 bits per heavy atom. The molecule has 1 aliphatic rings. The van der Waals surface area contributed by atoms with Crippen molar-refractivity contribution in [3.05, 3.63) is 18.1 Å². The third-order valence-electron chi connectivity index (χ3n) is 5.62. The molecule has 4 N–H and O–H groups in total. The van der Waals surface area contributed by atoms with Gasteiger partial charge in [-0.05, 0) is 51.4 Å². The zero-order valence-electron chi connectivity index (χ0n) is 24.7. The van der Waals surface area contributed by atoms with Crippen LogP contribution in [0.15, 0.2) is 12.8 Å². The second kappa shape index (κ2) is 34.7. The van der Waals surface area contributed by atoms with Crippen molar-refractivity contribution in [2.45, 2.75) is 118 Å². The molecule has 1 aliphatic carbocycles. The number of nitrogens with zero attached hydrogens (tertiary/aromatic N) is 2. The summed E-state index contributed by atoms with van der Waals surface area (Å²) >= 11 is 0. The first-order valence-corrected chi connectivity index (χ1v) is 14.0. The minimum Gasteiger partial charge on any atom is -0.653 e. The maximum absolute atomic E-state index is 10.2. The van der Waals surface area contributed by atoms with E-state index in [0.717, 1.165) is 44.7 Å². The van der Waals surface area contributed by atoms with Crippen LogP contribution in [-0.2, 0) is 30.7 Å². The van der Waals surface area contributed by atoms with Gasteiger partial charge in [0, 0.05) is 33.7 Å². The molecule has 2 unspecified atom stereocenters. The van der Waals surface area contributed by atoms with Crippen LogP contribution in [0, 0.1) is 11.8 Å². The summed E-state index contributed by atoms with van der Waals surface area (Å²) in [7, 11) is 2.13. The van der Waals surface area contributed by atoms with Crippen molar-refractivity contribution >= 4 is 6.29 Å². The number of rotatable bonds is 16. The molecule has 0 aromatic carbocycles. The zero-order valence-corrected chi connectivity index (χ0v) is 27.6. The number of unbranched alkanes of at least 4 members (excludes halogenated alkanes) is 1. The first kappa shape index (κ1) is 42.8. The van der Waals surface area contributed by atoms with Crippen LogP contribution in [-0.4, -0.2) is 61.9 Å². The second-order valence-corrected chi connectivity index (χ2v) is 9.32. The van der Waals surface area contributed by atoms with Crippen LogP contribution in [0.3, 0.4) is 0 Å². The monoisotopic (exact) mass is 685 g/mol. The number of carbonyl (C=O) groups is 1. The minimum absolute atomic E-state index is 0. The molecule has 8 heteroatoms. The van der Waals surface area contributed by atoms with Crippen LogP contribution in [0.4, 0.5) is 0 Å². The number of likely N-dealkylation sites (N-methyl/N-ethyl adjacent to an activating group) is 1. The molecule has 0 aliphatic heterocycles. The average Bonchev–Trinajstić information content (AvgIpc) is 2.87. The number of nitrogens with two attached hydrogens (primary N) is 1. The molecule has 0 aromatic heterocycles. The van der Waals surface area contributed by atoms with Gasteiger partial charge in [-0.3, -0.25) is 5.48 Å². The number of hydroxylamine groups is 1. The van der Waals surface area contributed by atoms with Crippen LogP contribution in [0.5, 0.6) is 0 Å². The Bertz CT molecular complexity index is 424. The normalized spacial score (nSPS) is 14.5. The average molecular weight is 686 g/mol. The smallest absolute Gasteiger partial charge is 0.181 e. The minimum atomic E-state index is -0.693. The molecule has 0 heterocycles. The fraction of sp³-hybridized carbons (Fsp3) is 0.893. The molecule has 218 valence electrons. The summed E-state index contributed by atoms with van der Waals surface area (Å²) in [5.41, 5.74) is 7.59. The Labute approximate surface area is 239 Å². The van der Waals surface area contributed by atoms with Crippen molar-refractivity contribution in [1.82, 2.24) is 10.4 Å². The van der Waals surface area contributed by atoms with Gasteiger partial charge in [0.05, 0.1) is 6.29 Å². The van der Waals surface area contributed by atoms with E-state index in [2.05, 4.69) is 57.0 Å². The van der Waals surface area contributed by atoms with Gasteiger partial charge in [0.15, 0.2) is 6.29 Å². The summed E-state index contributed by atoms with van der Waals surface area (Å²) in [5, 5.41) is 13.7. The summed E-state index contributed by atoms with van der Waals surface area (Å²) in [5.74, 6) is 1.38. The number of aldehydes is 1. The van der Waals surface area contributed by atoms with E-state index in [0.29, 0.717) is 18.5 Å². The van der Waals surface area contributed by atoms with Gasteiger partial charge in [-0.1, -0.05) is 99.6 Å². The van der Waals surface area contributed by atoms with Crippen LogP contribution in [0.25, 0.3) is 5.32 Å². The van der Waals surface area contributed by atoms with Crippen molar-refractivity contribution in [3.8, 4) is 0 Å². The van der Waals surface area contributed by atoms with Gasteiger partial charge >= 0.3 is 0 Å². The van der Waals surface area contributed by atoms with E-state index in [9.17, 15) is 9.90 Å². The van der Waals surface area contributed by atoms with E-state index in [1.807, 2.05) is 13.8 Å². The van der Waals surface area contributed by atoms with Crippen LogP contribution >= 0.6 is 0 Å². The Morgan fingerprint density at radius 1 is 1.22 bits per heavy atom. The van der Waals surface area contributed by atoms with E-state index in [1.54, 1.807) is 0 Å². The molecule has 1 saturated carbocycles. The number of nitrogens with one attached hydrogen (secondary N) is 1. The maximum Gasteiger partial charge on any atom is 0.181 e. The number of aliphatic hydroxyl groups is 1. The zero-order chi connectivity index (χ0) is 27.3. The third-order valence-corrected chi connectivity index (χ3v) is 5.62.